The molecular weight excluding hydrogens is 300 g/mol. The second kappa shape index (κ2) is 7.39. The molecule has 22 heavy (non-hydrogen) atoms. The van der Waals surface area contributed by atoms with E-state index in [4.69, 9.17) is 17.4 Å². The number of thiol groups is 1. The van der Waals surface area contributed by atoms with Crippen LogP contribution in [-0.4, -0.2) is 59.0 Å². The van der Waals surface area contributed by atoms with E-state index in [2.05, 4.69) is 20.2 Å². The van der Waals surface area contributed by atoms with Crippen LogP contribution in [0.3, 0.4) is 0 Å². The third-order valence-corrected chi connectivity index (χ3v) is 4.79. The minimum absolute atomic E-state index is 0.0149. The van der Waals surface area contributed by atoms with Gasteiger partial charge in [-0.05, 0) is 18.8 Å². The lowest BCUT2D eigenvalue weighted by atomic mass is 10.0. The molecule has 0 radical (unpaired) electrons. The molecular formula is C15H22N4O2S. The summed E-state index contributed by atoms with van der Waals surface area (Å²) in [7, 11) is 0. The van der Waals surface area contributed by atoms with E-state index < -0.39 is 5.92 Å². The Bertz CT molecular complexity index is 492. The van der Waals surface area contributed by atoms with E-state index in [-0.39, 0.29) is 11.3 Å². The molecule has 2 unspecified atom stereocenters. The third-order valence-electron chi connectivity index (χ3n) is 4.16. The Morgan fingerprint density at radius 3 is 2.82 bits per heavy atom. The van der Waals surface area contributed by atoms with E-state index in [0.717, 1.165) is 19.6 Å². The smallest absolute Gasteiger partial charge is 0.231 e. The number of hydrogen-bond donors (Lipinski definition) is 2. The van der Waals surface area contributed by atoms with Crippen LogP contribution in [0.15, 0.2) is 18.6 Å². The molecule has 120 valence electrons. The van der Waals surface area contributed by atoms with Crippen LogP contribution in [0.2, 0.25) is 0 Å². The average Bonchev–Trinajstić information content (AvgIpc) is 3.39. The van der Waals surface area contributed by atoms with Crippen molar-refractivity contribution in [2.75, 3.05) is 32.8 Å². The number of morpholine rings is 1. The Hall–Kier alpha value is -1.18. The molecule has 1 amide bonds. The van der Waals surface area contributed by atoms with Gasteiger partial charge in [0.1, 0.15) is 5.92 Å². The molecule has 1 aromatic heterocycles. The van der Waals surface area contributed by atoms with Gasteiger partial charge in [-0.15, -0.1) is 0 Å². The molecule has 1 saturated carbocycles. The van der Waals surface area contributed by atoms with Crippen molar-refractivity contribution in [3.63, 3.8) is 0 Å². The van der Waals surface area contributed by atoms with Crippen LogP contribution in [0.1, 0.15) is 24.5 Å². The maximum Gasteiger partial charge on any atom is 0.231 e. The third kappa shape index (κ3) is 3.97. The molecule has 0 bridgehead atoms. The molecule has 1 aliphatic heterocycles. The normalized spacial score (nSPS) is 22.0. The van der Waals surface area contributed by atoms with Gasteiger partial charge in [-0.25, -0.2) is 0 Å². The lowest BCUT2D eigenvalue weighted by Gasteiger charge is -2.35. The molecule has 0 spiro atoms. The first-order valence-corrected chi connectivity index (χ1v) is 8.31. The van der Waals surface area contributed by atoms with Crippen molar-refractivity contribution in [2.24, 2.45) is 5.92 Å². The Balaban J connectivity index is 1.73. The van der Waals surface area contributed by atoms with E-state index in [1.807, 2.05) is 0 Å². The van der Waals surface area contributed by atoms with Crippen molar-refractivity contribution in [3.05, 3.63) is 24.3 Å². The van der Waals surface area contributed by atoms with Gasteiger partial charge in [-0.2, -0.15) is 12.6 Å². The van der Waals surface area contributed by atoms with Crippen LogP contribution in [0.4, 0.5) is 0 Å². The fraction of sp³-hybridized carbons (Fsp3) is 0.667. The number of rotatable bonds is 6. The van der Waals surface area contributed by atoms with Gasteiger partial charge in [0.15, 0.2) is 0 Å². The topological polar surface area (TPSA) is 67.4 Å². The van der Waals surface area contributed by atoms with Crippen LogP contribution in [0.25, 0.3) is 0 Å². The maximum absolute atomic E-state index is 12.7. The van der Waals surface area contributed by atoms with Gasteiger partial charge in [0.25, 0.3) is 0 Å². The zero-order valence-corrected chi connectivity index (χ0v) is 13.4. The standard InChI is InChI=1S/C15H22N4O2S/c20-14(18-9-11-1-2-11)13(12-10-16-3-4-17-12)15(22)19-5-7-21-8-6-19/h3-4,10-11,13,15,22H,1-2,5-9H2,(H,18,20). The number of amides is 1. The molecule has 2 aliphatic rings. The van der Waals surface area contributed by atoms with Crippen LogP contribution < -0.4 is 5.32 Å². The van der Waals surface area contributed by atoms with Gasteiger partial charge in [0, 0.05) is 38.2 Å². The van der Waals surface area contributed by atoms with Crippen molar-refractivity contribution in [2.45, 2.75) is 24.1 Å². The van der Waals surface area contributed by atoms with Gasteiger partial charge >= 0.3 is 0 Å². The Morgan fingerprint density at radius 1 is 1.41 bits per heavy atom. The summed E-state index contributed by atoms with van der Waals surface area (Å²) < 4.78 is 5.38. The largest absolute Gasteiger partial charge is 0.379 e. The second-order valence-corrected chi connectivity index (χ2v) is 6.39. The van der Waals surface area contributed by atoms with Gasteiger partial charge in [-0.3, -0.25) is 19.7 Å². The minimum Gasteiger partial charge on any atom is -0.379 e. The van der Waals surface area contributed by atoms with Crippen LogP contribution in [0, 0.1) is 5.92 Å². The molecule has 2 atom stereocenters. The van der Waals surface area contributed by atoms with Gasteiger partial charge in [0.2, 0.25) is 5.91 Å². The minimum atomic E-state index is -0.422. The summed E-state index contributed by atoms with van der Waals surface area (Å²) in [6, 6.07) is 0. The predicted molar refractivity (Wildman–Crippen MR) is 85.7 cm³/mol. The Labute approximate surface area is 136 Å². The summed E-state index contributed by atoms with van der Waals surface area (Å²) in [4.78, 5) is 23.3. The number of nitrogens with zero attached hydrogens (tertiary/aromatic N) is 3. The van der Waals surface area contributed by atoms with Crippen molar-refractivity contribution >= 4 is 18.5 Å². The zero-order valence-electron chi connectivity index (χ0n) is 12.5. The molecule has 2 fully saturated rings. The van der Waals surface area contributed by atoms with E-state index in [0.29, 0.717) is 24.8 Å². The lowest BCUT2D eigenvalue weighted by molar-refractivity contribution is -0.123. The van der Waals surface area contributed by atoms with E-state index >= 15 is 0 Å². The zero-order chi connectivity index (χ0) is 15.4. The van der Waals surface area contributed by atoms with Crippen molar-refractivity contribution in [3.8, 4) is 0 Å². The molecule has 2 heterocycles. The fourth-order valence-electron chi connectivity index (χ4n) is 2.62. The first kappa shape index (κ1) is 15.7. The first-order valence-electron chi connectivity index (χ1n) is 7.79. The highest BCUT2D eigenvalue weighted by Crippen LogP contribution is 2.29. The molecule has 0 aromatic carbocycles. The maximum atomic E-state index is 12.7. The second-order valence-electron chi connectivity index (χ2n) is 5.86. The summed E-state index contributed by atoms with van der Waals surface area (Å²) in [5.41, 5.74) is 0.669. The van der Waals surface area contributed by atoms with Crippen molar-refractivity contribution < 1.29 is 9.53 Å². The number of carbonyl (C=O) groups is 1. The van der Waals surface area contributed by atoms with Gasteiger partial charge < -0.3 is 10.1 Å². The number of aromatic nitrogens is 2. The van der Waals surface area contributed by atoms with Crippen molar-refractivity contribution in [1.29, 1.82) is 0 Å². The summed E-state index contributed by atoms with van der Waals surface area (Å²) in [5.74, 6) is 0.209. The number of hydrogen-bond acceptors (Lipinski definition) is 6. The number of ether oxygens (including phenoxy) is 1. The highest BCUT2D eigenvalue weighted by Gasteiger charge is 2.34. The van der Waals surface area contributed by atoms with Gasteiger partial charge in [-0.1, -0.05) is 0 Å². The van der Waals surface area contributed by atoms with Crippen LogP contribution in [0.5, 0.6) is 0 Å². The molecule has 1 N–H and O–H groups in total. The molecule has 6 nitrogen and oxygen atoms in total. The molecule has 1 saturated heterocycles. The SMILES string of the molecule is O=C(NCC1CC1)C(c1cnccn1)C(S)N1CCOCC1. The van der Waals surface area contributed by atoms with E-state index in [9.17, 15) is 4.79 Å². The van der Waals surface area contributed by atoms with E-state index in [1.165, 1.54) is 12.8 Å². The summed E-state index contributed by atoms with van der Waals surface area (Å²) in [6.07, 6.45) is 7.32. The molecule has 3 rings (SSSR count). The first-order chi connectivity index (χ1) is 10.8. The Morgan fingerprint density at radius 2 is 2.18 bits per heavy atom. The van der Waals surface area contributed by atoms with Crippen LogP contribution in [-0.2, 0) is 9.53 Å². The highest BCUT2D eigenvalue weighted by atomic mass is 32.1. The lowest BCUT2D eigenvalue weighted by Crippen LogP contribution is -2.47. The molecule has 1 aliphatic carbocycles. The average molecular weight is 322 g/mol. The number of nitrogens with one attached hydrogen (secondary N) is 1. The summed E-state index contributed by atoms with van der Waals surface area (Å²) >= 11 is 4.72. The van der Waals surface area contributed by atoms with Crippen molar-refractivity contribution in [1.82, 2.24) is 20.2 Å². The molecule has 7 heteroatoms. The fourth-order valence-corrected chi connectivity index (χ4v) is 3.14. The highest BCUT2D eigenvalue weighted by molar-refractivity contribution is 7.81. The molecule has 1 aromatic rings. The van der Waals surface area contributed by atoms with Gasteiger partial charge in [0.05, 0.1) is 24.3 Å². The monoisotopic (exact) mass is 322 g/mol. The predicted octanol–water partition coefficient (Wildman–Crippen LogP) is 0.674. The summed E-state index contributed by atoms with van der Waals surface area (Å²) in [5, 5.41) is 2.83. The van der Waals surface area contributed by atoms with E-state index in [1.54, 1.807) is 18.6 Å². The quantitative estimate of drug-likeness (QED) is 0.754. The summed E-state index contributed by atoms with van der Waals surface area (Å²) in [6.45, 7) is 3.66. The van der Waals surface area contributed by atoms with Crippen LogP contribution >= 0.6 is 12.6 Å². The Kier molecular flexibility index (Phi) is 5.28. The number of carbonyl (C=O) groups excluding carboxylic acids is 1.